The van der Waals surface area contributed by atoms with Crippen molar-refractivity contribution in [2.45, 2.75) is 51.6 Å². The van der Waals surface area contributed by atoms with Crippen LogP contribution in [0.25, 0.3) is 16.8 Å². The van der Waals surface area contributed by atoms with Crippen molar-refractivity contribution in [1.82, 2.24) is 25.8 Å². The molecule has 1 saturated heterocycles. The molecule has 2 N–H and O–H groups in total. The third-order valence-electron chi connectivity index (χ3n) is 5.86. The molecule has 1 aliphatic heterocycles. The second-order valence-electron chi connectivity index (χ2n) is 8.36. The summed E-state index contributed by atoms with van der Waals surface area (Å²) in [7, 11) is 0. The normalized spacial score (nSPS) is 24.0. The molecule has 4 rings (SSSR count). The molecule has 3 atom stereocenters. The number of carbonyl (C=O) groups is 2. The Hall–Kier alpha value is -2.04. The van der Waals surface area contributed by atoms with E-state index in [9.17, 15) is 18.4 Å². The maximum Gasteiger partial charge on any atom is 0.257 e. The van der Waals surface area contributed by atoms with Crippen molar-refractivity contribution < 1.29 is 51.1 Å². The topological polar surface area (TPSA) is 101 Å². The number of nitrogens with one attached hydrogen (secondary N) is 2. The van der Waals surface area contributed by atoms with Gasteiger partial charge in [-0.1, -0.05) is 18.7 Å². The number of hydrogen-bond acceptors (Lipinski definition) is 5. The van der Waals surface area contributed by atoms with Crippen LogP contribution in [0, 0.1) is 24.5 Å². The molecule has 2 amide bonds. The number of fused-ring (bicyclic) bond motifs is 2. The van der Waals surface area contributed by atoms with E-state index in [1.54, 1.807) is 11.9 Å². The smallest absolute Gasteiger partial charge is 0.257 e. The van der Waals surface area contributed by atoms with Gasteiger partial charge in [-0.25, -0.2) is 18.7 Å². The van der Waals surface area contributed by atoms with E-state index in [4.69, 9.17) is 0 Å². The number of hydrazine groups is 1. The molecule has 2 unspecified atom stereocenters. The van der Waals surface area contributed by atoms with Gasteiger partial charge in [0.2, 0.25) is 5.91 Å². The van der Waals surface area contributed by atoms with Crippen LogP contribution in [0.1, 0.15) is 38.7 Å². The van der Waals surface area contributed by atoms with Gasteiger partial charge in [-0.3, -0.25) is 20.4 Å². The first kappa shape index (κ1) is 24.6. The van der Waals surface area contributed by atoms with Crippen molar-refractivity contribution >= 4 is 17.5 Å². The summed E-state index contributed by atoms with van der Waals surface area (Å²) in [5.41, 5.74) is 9.47. The molecule has 11 heteroatoms. The van der Waals surface area contributed by atoms with Crippen LogP contribution < -0.4 is 10.9 Å². The monoisotopic (exact) mass is 518 g/mol. The number of hydrogen-bond donors (Lipinski definition) is 2. The Bertz CT molecular complexity index is 1040. The van der Waals surface area contributed by atoms with Crippen molar-refractivity contribution in [2.24, 2.45) is 5.92 Å². The summed E-state index contributed by atoms with van der Waals surface area (Å²) >= 11 is 0. The Kier molecular flexibility index (Phi) is 7.26. The fraction of sp³-hybridized carbons (Fsp3) is 0.429. The van der Waals surface area contributed by atoms with Gasteiger partial charge in [0.1, 0.15) is 5.82 Å². The van der Waals surface area contributed by atoms with Crippen molar-refractivity contribution in [3.8, 4) is 11.4 Å². The Morgan fingerprint density at radius 1 is 1.19 bits per heavy atom. The van der Waals surface area contributed by atoms with Crippen molar-refractivity contribution in [2.75, 3.05) is 0 Å². The third kappa shape index (κ3) is 4.53. The van der Waals surface area contributed by atoms with Gasteiger partial charge >= 0.3 is 0 Å². The zero-order chi connectivity index (χ0) is 22.3. The van der Waals surface area contributed by atoms with E-state index in [2.05, 4.69) is 33.2 Å². The first-order valence-corrected chi connectivity index (χ1v) is 10.1. The maximum atomic E-state index is 14.8. The van der Waals surface area contributed by atoms with Gasteiger partial charge in [0, 0.05) is 45.2 Å². The number of aryl methyl sites for hydroxylation is 1. The number of amides is 2. The van der Waals surface area contributed by atoms with E-state index < -0.39 is 17.2 Å². The average Bonchev–Trinajstić information content (AvgIpc) is 2.71. The van der Waals surface area contributed by atoms with E-state index >= 15 is 0 Å². The number of halogens is 2. The maximum absolute atomic E-state index is 14.8. The van der Waals surface area contributed by atoms with Gasteiger partial charge in [-0.2, -0.15) is 0 Å². The minimum absolute atomic E-state index is 0. The van der Waals surface area contributed by atoms with Crippen LogP contribution in [-0.4, -0.2) is 38.4 Å². The van der Waals surface area contributed by atoms with Gasteiger partial charge in [0.25, 0.3) is 5.91 Å². The van der Waals surface area contributed by atoms with Crippen LogP contribution in [0.3, 0.4) is 0 Å². The number of carbonyl (C=O) groups excluding carboxylic acids is 2. The van der Waals surface area contributed by atoms with Gasteiger partial charge in [-0.15, -0.1) is 0 Å². The minimum atomic E-state index is -0.950. The van der Waals surface area contributed by atoms with Gasteiger partial charge in [0.05, 0.1) is 17.9 Å². The largest absolute Gasteiger partial charge is 0.616 e. The molecule has 1 aliphatic carbocycles. The number of piperidine rings is 1. The quantitative estimate of drug-likeness (QED) is 0.607. The molecular formula is C21H23F2N6O2Y-. The van der Waals surface area contributed by atoms with Gasteiger partial charge in [0.15, 0.2) is 11.6 Å². The SMILES string of the molecule is CC(=O)NNC(=O)C12CC(C)C[C@H](C1)N2[N-]c1cc(-c2ncc(F)cn2)c(C)cc1F.[Y]. The first-order valence-electron chi connectivity index (χ1n) is 10.1. The average molecular weight is 518 g/mol. The molecule has 32 heavy (non-hydrogen) atoms. The van der Waals surface area contributed by atoms with Crippen molar-refractivity contribution in [3.05, 3.63) is 47.2 Å². The summed E-state index contributed by atoms with van der Waals surface area (Å²) in [4.78, 5) is 32.0. The summed E-state index contributed by atoms with van der Waals surface area (Å²) in [5.74, 6) is -1.32. The second-order valence-corrected chi connectivity index (χ2v) is 8.36. The van der Waals surface area contributed by atoms with Crippen molar-refractivity contribution in [1.29, 1.82) is 0 Å². The number of benzene rings is 1. The Morgan fingerprint density at radius 3 is 2.53 bits per heavy atom. The first-order chi connectivity index (χ1) is 14.7. The predicted molar refractivity (Wildman–Crippen MR) is 108 cm³/mol. The molecule has 8 nitrogen and oxygen atoms in total. The minimum Gasteiger partial charge on any atom is -0.616 e. The fourth-order valence-electron chi connectivity index (χ4n) is 4.57. The molecule has 1 saturated carbocycles. The second kappa shape index (κ2) is 9.45. The standard InChI is InChI=1S/C21H23F2N6O2.Y/c1-11-4-15-8-21(7-11,20(31)27-26-13(3)30)29(15)28-18-6-16(12(2)5-17(18)23)19-24-9-14(22)10-25-19;/h5-6,9-11,15H,4,7-8H2,1-3H3,(H,26,30)(H,27,31);/q-1;/t11?,15-,21?;/m1./s1. The van der Waals surface area contributed by atoms with Crippen molar-refractivity contribution in [3.63, 3.8) is 0 Å². The molecule has 2 heterocycles. The van der Waals surface area contributed by atoms with Crippen LogP contribution >= 0.6 is 0 Å². The molecule has 2 fully saturated rings. The molecule has 1 radical (unpaired) electrons. The van der Waals surface area contributed by atoms with E-state index in [0.29, 0.717) is 29.9 Å². The zero-order valence-electron chi connectivity index (χ0n) is 18.0. The van der Waals surface area contributed by atoms with Crippen LogP contribution in [0.4, 0.5) is 14.5 Å². The Labute approximate surface area is 209 Å². The third-order valence-corrected chi connectivity index (χ3v) is 5.86. The molecular weight excluding hydrogens is 495 g/mol. The summed E-state index contributed by atoms with van der Waals surface area (Å²) in [6.07, 6.45) is 4.04. The van der Waals surface area contributed by atoms with Crippen LogP contribution in [0.2, 0.25) is 0 Å². The van der Waals surface area contributed by atoms with Gasteiger partial charge in [-0.05, 0) is 49.8 Å². The van der Waals surface area contributed by atoms with E-state index in [0.717, 1.165) is 18.8 Å². The fourth-order valence-corrected chi connectivity index (χ4v) is 4.57. The molecule has 167 valence electrons. The van der Waals surface area contributed by atoms with E-state index in [1.165, 1.54) is 19.1 Å². The van der Waals surface area contributed by atoms with E-state index in [-0.39, 0.29) is 62.1 Å². The molecule has 2 aliphatic rings. The Morgan fingerprint density at radius 2 is 1.88 bits per heavy atom. The van der Waals surface area contributed by atoms with Gasteiger partial charge < -0.3 is 10.4 Å². The summed E-state index contributed by atoms with van der Waals surface area (Å²) in [6.45, 7) is 5.06. The zero-order valence-corrected chi connectivity index (χ0v) is 20.9. The molecule has 0 spiro atoms. The molecule has 1 aromatic carbocycles. The summed E-state index contributed by atoms with van der Waals surface area (Å²) < 4.78 is 28.0. The van der Waals surface area contributed by atoms with Crippen LogP contribution in [-0.2, 0) is 42.3 Å². The molecule has 2 aromatic rings. The Balaban J connectivity index is 0.00000289. The molecule has 1 aromatic heterocycles. The van der Waals surface area contributed by atoms with Crippen LogP contribution in [0.15, 0.2) is 24.5 Å². The number of aromatic nitrogens is 2. The summed E-state index contributed by atoms with van der Waals surface area (Å²) in [5, 5.41) is 1.65. The van der Waals surface area contributed by atoms with Crippen LogP contribution in [0.5, 0.6) is 0 Å². The van der Waals surface area contributed by atoms with E-state index in [1.807, 2.05) is 0 Å². The predicted octanol–water partition coefficient (Wildman–Crippen LogP) is 3.06. The number of nitrogens with zero attached hydrogens (tertiary/aromatic N) is 4. The number of rotatable bonds is 4. The summed E-state index contributed by atoms with van der Waals surface area (Å²) in [6, 6.07) is 2.83. The molecule has 2 bridgehead atoms.